The van der Waals surface area contributed by atoms with Crippen LogP contribution in [0.2, 0.25) is 0 Å². The van der Waals surface area contributed by atoms with E-state index in [2.05, 4.69) is 10.0 Å². The minimum atomic E-state index is -3.76. The average molecular weight is 372 g/mol. The average Bonchev–Trinajstić information content (AvgIpc) is 2.54. The number of hydrogen-bond acceptors (Lipinski definition) is 5. The van der Waals surface area contributed by atoms with Crippen molar-refractivity contribution in [2.24, 2.45) is 0 Å². The minimum Gasteiger partial charge on any atom is -0.481 e. The number of carboxylic acid groups (broad SMARTS) is 1. The lowest BCUT2D eigenvalue weighted by Gasteiger charge is -2.28. The van der Waals surface area contributed by atoms with Crippen LogP contribution in [0.5, 0.6) is 0 Å². The molecule has 0 radical (unpaired) electrons. The highest BCUT2D eigenvalue weighted by Crippen LogP contribution is 2.17. The molecule has 1 amide bonds. The van der Waals surface area contributed by atoms with Gasteiger partial charge in [-0.05, 0) is 31.5 Å². The number of carbonyl (C=O) groups excluding carboxylic acids is 1. The van der Waals surface area contributed by atoms with Gasteiger partial charge in [0.1, 0.15) is 0 Å². The van der Waals surface area contributed by atoms with Crippen LogP contribution in [0.3, 0.4) is 0 Å². The van der Waals surface area contributed by atoms with Crippen molar-refractivity contribution in [1.82, 2.24) is 10.0 Å². The first-order valence-corrected chi connectivity index (χ1v) is 9.25. The molecule has 1 aromatic carbocycles. The molecule has 1 aromatic rings. The number of carbonyl (C=O) groups is 2. The first-order valence-electron chi connectivity index (χ1n) is 7.76. The molecule has 3 N–H and O–H groups in total. The van der Waals surface area contributed by atoms with E-state index in [1.165, 1.54) is 31.4 Å². The van der Waals surface area contributed by atoms with Crippen molar-refractivity contribution < 1.29 is 27.9 Å². The van der Waals surface area contributed by atoms with Gasteiger partial charge in [-0.25, -0.2) is 13.1 Å². The molecule has 0 heterocycles. The molecule has 25 heavy (non-hydrogen) atoms. The van der Waals surface area contributed by atoms with Gasteiger partial charge in [0.15, 0.2) is 0 Å². The lowest BCUT2D eigenvalue weighted by Crippen LogP contribution is -2.47. The van der Waals surface area contributed by atoms with Gasteiger partial charge in [-0.1, -0.05) is 13.0 Å². The summed E-state index contributed by atoms with van der Waals surface area (Å²) in [7, 11) is -2.30. The molecule has 0 spiro atoms. The molecule has 140 valence electrons. The Bertz CT molecular complexity index is 719. The molecule has 0 aliphatic rings. The molecule has 0 bridgehead atoms. The van der Waals surface area contributed by atoms with E-state index >= 15 is 0 Å². The molecule has 1 atom stereocenters. The maximum atomic E-state index is 12.4. The Morgan fingerprint density at radius 3 is 2.56 bits per heavy atom. The van der Waals surface area contributed by atoms with E-state index in [4.69, 9.17) is 9.84 Å². The van der Waals surface area contributed by atoms with Gasteiger partial charge in [0.05, 0.1) is 17.9 Å². The van der Waals surface area contributed by atoms with E-state index in [0.29, 0.717) is 6.42 Å². The summed E-state index contributed by atoms with van der Waals surface area (Å²) < 4.78 is 31.5. The van der Waals surface area contributed by atoms with E-state index in [9.17, 15) is 18.0 Å². The summed E-state index contributed by atoms with van der Waals surface area (Å²) in [5.74, 6) is -1.55. The van der Waals surface area contributed by atoms with Crippen molar-refractivity contribution in [2.45, 2.75) is 37.1 Å². The van der Waals surface area contributed by atoms with E-state index < -0.39 is 27.4 Å². The van der Waals surface area contributed by atoms with E-state index in [1.807, 2.05) is 0 Å². The van der Waals surface area contributed by atoms with Gasteiger partial charge in [0, 0.05) is 24.8 Å². The second-order valence-corrected chi connectivity index (χ2v) is 7.62. The lowest BCUT2D eigenvalue weighted by molar-refractivity contribution is -0.138. The van der Waals surface area contributed by atoms with Crippen molar-refractivity contribution in [1.29, 1.82) is 0 Å². The molecular weight excluding hydrogens is 348 g/mol. The standard InChI is InChI=1S/C16H24N2O6S/c1-4-16(2,11-14(19)20)18-15(21)12-6-5-7-13(10-12)25(22,23)17-8-9-24-3/h5-7,10,17H,4,8-9,11H2,1-3H3,(H,18,21)(H,19,20)/t16-/m1/s1. The third-order valence-corrected chi connectivity index (χ3v) is 5.20. The zero-order valence-corrected chi connectivity index (χ0v) is 15.4. The number of amides is 1. The van der Waals surface area contributed by atoms with Gasteiger partial charge >= 0.3 is 5.97 Å². The maximum absolute atomic E-state index is 12.4. The Balaban J connectivity index is 2.96. The SMILES string of the molecule is CC[C@](C)(CC(=O)O)NC(=O)c1cccc(S(=O)(=O)NCCOC)c1. The first kappa shape index (κ1) is 21.1. The van der Waals surface area contributed by atoms with E-state index in [1.54, 1.807) is 13.8 Å². The summed E-state index contributed by atoms with van der Waals surface area (Å²) in [6, 6.07) is 5.56. The van der Waals surface area contributed by atoms with Crippen LogP contribution < -0.4 is 10.0 Å². The van der Waals surface area contributed by atoms with Crippen molar-refractivity contribution in [2.75, 3.05) is 20.3 Å². The third-order valence-electron chi connectivity index (χ3n) is 3.74. The predicted molar refractivity (Wildman–Crippen MR) is 91.9 cm³/mol. The fraction of sp³-hybridized carbons (Fsp3) is 0.500. The van der Waals surface area contributed by atoms with Gasteiger partial charge in [0.25, 0.3) is 5.91 Å². The Hall–Kier alpha value is -1.97. The van der Waals surface area contributed by atoms with Crippen LogP contribution in [0.1, 0.15) is 37.0 Å². The highest BCUT2D eigenvalue weighted by atomic mass is 32.2. The summed E-state index contributed by atoms with van der Waals surface area (Å²) in [4.78, 5) is 23.3. The van der Waals surface area contributed by atoms with Gasteiger partial charge in [-0.3, -0.25) is 9.59 Å². The number of rotatable bonds is 10. The summed E-state index contributed by atoms with van der Waals surface area (Å²) >= 11 is 0. The van der Waals surface area contributed by atoms with E-state index in [0.717, 1.165) is 0 Å². The fourth-order valence-corrected chi connectivity index (χ4v) is 3.16. The van der Waals surface area contributed by atoms with Gasteiger partial charge < -0.3 is 15.2 Å². The number of aliphatic carboxylic acids is 1. The largest absolute Gasteiger partial charge is 0.481 e. The van der Waals surface area contributed by atoms with Crippen LogP contribution in [0.15, 0.2) is 29.2 Å². The maximum Gasteiger partial charge on any atom is 0.305 e. The molecule has 0 unspecified atom stereocenters. The monoisotopic (exact) mass is 372 g/mol. The summed E-state index contributed by atoms with van der Waals surface area (Å²) in [6.07, 6.45) is 0.188. The van der Waals surface area contributed by atoms with Crippen LogP contribution in [0.4, 0.5) is 0 Å². The van der Waals surface area contributed by atoms with Crippen LogP contribution in [-0.4, -0.2) is 51.2 Å². The van der Waals surface area contributed by atoms with Gasteiger partial charge in [-0.2, -0.15) is 0 Å². The first-order chi connectivity index (χ1) is 11.6. The molecule has 0 aromatic heterocycles. The lowest BCUT2D eigenvalue weighted by atomic mass is 9.94. The number of carboxylic acids is 1. The van der Waals surface area contributed by atoms with Crippen molar-refractivity contribution in [3.8, 4) is 0 Å². The van der Waals surface area contributed by atoms with E-state index in [-0.39, 0.29) is 30.0 Å². The second kappa shape index (κ2) is 8.93. The van der Waals surface area contributed by atoms with Crippen LogP contribution >= 0.6 is 0 Å². The highest BCUT2D eigenvalue weighted by molar-refractivity contribution is 7.89. The number of methoxy groups -OCH3 is 1. The number of sulfonamides is 1. The fourth-order valence-electron chi connectivity index (χ4n) is 2.10. The summed E-state index contributed by atoms with van der Waals surface area (Å²) in [6.45, 7) is 3.74. The molecule has 1 rings (SSSR count). The highest BCUT2D eigenvalue weighted by Gasteiger charge is 2.28. The minimum absolute atomic E-state index is 0.0484. The van der Waals surface area contributed by atoms with Crippen LogP contribution in [0.25, 0.3) is 0 Å². The Morgan fingerprint density at radius 1 is 1.32 bits per heavy atom. The quantitative estimate of drug-likeness (QED) is 0.527. The smallest absolute Gasteiger partial charge is 0.305 e. The molecule has 8 nitrogen and oxygen atoms in total. The molecule has 0 aliphatic carbocycles. The summed E-state index contributed by atoms with van der Waals surface area (Å²) in [5, 5.41) is 11.6. The number of nitrogens with one attached hydrogen (secondary N) is 2. The van der Waals surface area contributed by atoms with Crippen LogP contribution in [-0.2, 0) is 19.6 Å². The van der Waals surface area contributed by atoms with Crippen molar-refractivity contribution in [3.05, 3.63) is 29.8 Å². The van der Waals surface area contributed by atoms with Crippen LogP contribution in [0, 0.1) is 0 Å². The van der Waals surface area contributed by atoms with Crippen molar-refractivity contribution in [3.63, 3.8) is 0 Å². The predicted octanol–water partition coefficient (Wildman–Crippen LogP) is 0.985. The zero-order valence-electron chi connectivity index (χ0n) is 14.5. The third kappa shape index (κ3) is 6.45. The molecule has 0 saturated carbocycles. The Kier molecular flexibility index (Phi) is 7.53. The Labute approximate surface area is 147 Å². The second-order valence-electron chi connectivity index (χ2n) is 5.86. The molecule has 0 saturated heterocycles. The molecular formula is C16H24N2O6S. The summed E-state index contributed by atoms with van der Waals surface area (Å²) in [5.41, 5.74) is -0.784. The zero-order chi connectivity index (χ0) is 19.1. The van der Waals surface area contributed by atoms with Crippen molar-refractivity contribution >= 4 is 21.9 Å². The van der Waals surface area contributed by atoms with Gasteiger partial charge in [0.2, 0.25) is 10.0 Å². The normalized spacial score (nSPS) is 13.9. The van der Waals surface area contributed by atoms with Gasteiger partial charge in [-0.15, -0.1) is 0 Å². The topological polar surface area (TPSA) is 122 Å². The number of hydrogen-bond donors (Lipinski definition) is 3. The number of benzene rings is 1. The molecule has 0 aliphatic heterocycles. The number of ether oxygens (including phenoxy) is 1. The molecule has 0 fully saturated rings. The molecule has 9 heteroatoms. The Morgan fingerprint density at radius 2 is 2.00 bits per heavy atom.